The van der Waals surface area contributed by atoms with E-state index in [0.29, 0.717) is 5.56 Å². The van der Waals surface area contributed by atoms with E-state index in [1.165, 1.54) is 23.2 Å². The summed E-state index contributed by atoms with van der Waals surface area (Å²) in [5, 5.41) is 13.6. The van der Waals surface area contributed by atoms with E-state index in [4.69, 9.17) is 18.9 Å². The minimum absolute atomic E-state index is 0.0845. The monoisotopic (exact) mass is 771 g/mol. The second-order valence-electron chi connectivity index (χ2n) is 13.6. The number of benzene rings is 3. The fourth-order valence-corrected chi connectivity index (χ4v) is 6.17. The molecule has 1 aliphatic rings. The summed E-state index contributed by atoms with van der Waals surface area (Å²) in [5.74, 6) is -7.74. The molecule has 296 valence electrons. The Hall–Kier alpha value is -6.35. The Morgan fingerprint density at radius 3 is 1.75 bits per heavy atom. The summed E-state index contributed by atoms with van der Waals surface area (Å²) < 4.78 is 21.5. The van der Waals surface area contributed by atoms with Crippen LogP contribution in [0.15, 0.2) is 79.0 Å². The molecule has 2 unspecified atom stereocenters. The molecule has 15 heteroatoms. The first-order chi connectivity index (χ1) is 26.4. The van der Waals surface area contributed by atoms with E-state index in [9.17, 15) is 33.9 Å². The zero-order valence-electron chi connectivity index (χ0n) is 32.4. The third-order valence-corrected chi connectivity index (χ3v) is 8.31. The number of aliphatic hydroxyl groups excluding tert-OH is 1. The average Bonchev–Trinajstić information content (AvgIpc) is 3.11. The lowest BCUT2D eigenvalue weighted by Crippen LogP contribution is -2.64. The van der Waals surface area contributed by atoms with Crippen molar-refractivity contribution in [1.82, 2.24) is 14.9 Å². The number of rotatable bonds is 13. The first-order valence-electron chi connectivity index (χ1n) is 17.8. The molecule has 0 saturated carbocycles. The van der Waals surface area contributed by atoms with Crippen LogP contribution in [0.25, 0.3) is 5.70 Å². The third-order valence-electron chi connectivity index (χ3n) is 8.31. The largest absolute Gasteiger partial charge is 0.461 e. The van der Waals surface area contributed by atoms with Crippen molar-refractivity contribution in [2.45, 2.75) is 86.1 Å². The minimum Gasteiger partial charge on any atom is -0.461 e. The summed E-state index contributed by atoms with van der Waals surface area (Å²) in [4.78, 5) is 94.9. The predicted octanol–water partition coefficient (Wildman–Crippen LogP) is 4.46. The summed E-state index contributed by atoms with van der Waals surface area (Å²) in [6, 6.07) is 16.4. The molecule has 3 aromatic carbocycles. The van der Waals surface area contributed by atoms with Gasteiger partial charge in [0.05, 0.1) is 17.8 Å². The number of carbonyl (C=O) groups is 7. The first-order valence-corrected chi connectivity index (χ1v) is 17.8. The van der Waals surface area contributed by atoms with Gasteiger partial charge in [0.1, 0.15) is 6.04 Å². The Morgan fingerprint density at radius 1 is 0.768 bits per heavy atom. The van der Waals surface area contributed by atoms with Crippen LogP contribution in [0.1, 0.15) is 76.9 Å². The van der Waals surface area contributed by atoms with Crippen molar-refractivity contribution in [2.24, 2.45) is 5.92 Å². The maximum absolute atomic E-state index is 15.2. The number of amides is 3. The molecule has 3 aromatic rings. The highest BCUT2D eigenvalue weighted by molar-refractivity contribution is 6.03. The van der Waals surface area contributed by atoms with Crippen molar-refractivity contribution in [3.63, 3.8) is 0 Å². The molecule has 0 saturated heterocycles. The summed E-state index contributed by atoms with van der Waals surface area (Å²) in [6.45, 7) is 10.9. The van der Waals surface area contributed by atoms with Crippen LogP contribution in [-0.4, -0.2) is 85.9 Å². The standard InChI is InChI=1S/C41H45N3O12/c1-23(2)36-40(51)44(43(25(5)45)32(19-29-15-11-9-12-16-29)37(49)41(52)53-24(3)4)33(22-42(36)39(50)30-17-13-10-14-18-30)31-20-34(54-26(6)46)38(56-28(8)48)35(21-31)55-27(7)47/h9-18,20-24,32,36-37,49H,19H2,1-8H3/t32-,36?,37?/m0/s1. The van der Waals surface area contributed by atoms with Crippen LogP contribution < -0.4 is 14.2 Å². The van der Waals surface area contributed by atoms with Gasteiger partial charge in [0.2, 0.25) is 11.7 Å². The van der Waals surface area contributed by atoms with Crippen LogP contribution in [0, 0.1) is 5.92 Å². The second kappa shape index (κ2) is 18.3. The second-order valence-corrected chi connectivity index (χ2v) is 13.6. The SMILES string of the molecule is CC(=O)Oc1cc(C2=CN(C(=O)c3ccccc3)C(C(C)C)C(=O)N2N(C(C)=O)[C@@H](Cc2ccccc2)C(O)C(=O)OC(C)C)cc(OC(C)=O)c1OC(C)=O. The summed E-state index contributed by atoms with van der Waals surface area (Å²) in [5.41, 5.74) is 0.499. The highest BCUT2D eigenvalue weighted by Gasteiger charge is 2.48. The molecule has 0 spiro atoms. The number of esters is 4. The maximum atomic E-state index is 15.2. The Balaban J connectivity index is 2.12. The van der Waals surface area contributed by atoms with Gasteiger partial charge >= 0.3 is 23.9 Å². The van der Waals surface area contributed by atoms with Crippen molar-refractivity contribution in [3.05, 3.63) is 95.7 Å². The normalized spacial score (nSPS) is 15.1. The molecule has 0 radical (unpaired) electrons. The van der Waals surface area contributed by atoms with E-state index in [2.05, 4.69) is 0 Å². The van der Waals surface area contributed by atoms with Crippen LogP contribution >= 0.6 is 0 Å². The van der Waals surface area contributed by atoms with Gasteiger partial charge < -0.3 is 24.1 Å². The number of hydrogen-bond acceptors (Lipinski definition) is 12. The fraction of sp³-hybridized carbons (Fsp3) is 0.341. The van der Waals surface area contributed by atoms with E-state index in [-0.39, 0.29) is 23.2 Å². The maximum Gasteiger partial charge on any atom is 0.337 e. The van der Waals surface area contributed by atoms with Crippen molar-refractivity contribution >= 4 is 47.3 Å². The zero-order chi connectivity index (χ0) is 41.4. The molecule has 15 nitrogen and oxygen atoms in total. The fourth-order valence-electron chi connectivity index (χ4n) is 6.17. The Kier molecular flexibility index (Phi) is 13.9. The van der Waals surface area contributed by atoms with Crippen LogP contribution in [0.4, 0.5) is 0 Å². The van der Waals surface area contributed by atoms with Gasteiger partial charge in [-0.2, -0.15) is 0 Å². The quantitative estimate of drug-likeness (QED) is 0.190. The topological polar surface area (TPSA) is 186 Å². The van der Waals surface area contributed by atoms with Crippen molar-refractivity contribution < 1.29 is 57.6 Å². The van der Waals surface area contributed by atoms with E-state index in [0.717, 1.165) is 37.7 Å². The molecule has 1 aliphatic heterocycles. The molecule has 1 heterocycles. The van der Waals surface area contributed by atoms with E-state index < -0.39 is 89.1 Å². The van der Waals surface area contributed by atoms with Gasteiger partial charge in [-0.15, -0.1) is 0 Å². The van der Waals surface area contributed by atoms with Gasteiger partial charge in [-0.05, 0) is 56.0 Å². The average molecular weight is 772 g/mol. The predicted molar refractivity (Wildman–Crippen MR) is 200 cm³/mol. The van der Waals surface area contributed by atoms with Gasteiger partial charge in [0.15, 0.2) is 17.6 Å². The highest BCUT2D eigenvalue weighted by atomic mass is 16.6. The van der Waals surface area contributed by atoms with Gasteiger partial charge in [-0.1, -0.05) is 62.4 Å². The van der Waals surface area contributed by atoms with Gasteiger partial charge in [0.25, 0.3) is 11.8 Å². The van der Waals surface area contributed by atoms with Crippen LogP contribution in [-0.2, 0) is 39.9 Å². The number of hydrazine groups is 1. The molecule has 3 atom stereocenters. The number of aliphatic hydroxyl groups is 1. The molecule has 4 rings (SSSR count). The molecule has 0 aliphatic carbocycles. The molecule has 0 fully saturated rings. The summed E-state index contributed by atoms with van der Waals surface area (Å²) in [6.07, 6.45) is -1.51. The first kappa shape index (κ1) is 42.4. The number of hydrogen-bond donors (Lipinski definition) is 1. The molecular formula is C41H45N3O12. The molecule has 1 N–H and O–H groups in total. The summed E-state index contributed by atoms with van der Waals surface area (Å²) in [7, 11) is 0. The minimum atomic E-state index is -2.00. The van der Waals surface area contributed by atoms with E-state index in [1.54, 1.807) is 88.4 Å². The third kappa shape index (κ3) is 10.0. The molecule has 0 aromatic heterocycles. The van der Waals surface area contributed by atoms with Gasteiger partial charge in [-0.3, -0.25) is 33.7 Å². The van der Waals surface area contributed by atoms with E-state index >= 15 is 4.79 Å². The smallest absolute Gasteiger partial charge is 0.337 e. The van der Waals surface area contributed by atoms with E-state index in [1.807, 2.05) is 0 Å². The number of ether oxygens (including phenoxy) is 4. The zero-order valence-corrected chi connectivity index (χ0v) is 32.4. The number of carbonyl (C=O) groups excluding carboxylic acids is 7. The lowest BCUT2D eigenvalue weighted by Gasteiger charge is -2.47. The molecule has 3 amide bonds. The lowest BCUT2D eigenvalue weighted by molar-refractivity contribution is -0.177. The lowest BCUT2D eigenvalue weighted by atomic mass is 9.95. The van der Waals surface area contributed by atoms with Crippen molar-refractivity contribution in [2.75, 3.05) is 0 Å². The van der Waals surface area contributed by atoms with Crippen molar-refractivity contribution in [1.29, 1.82) is 0 Å². The molecule has 0 bridgehead atoms. The van der Waals surface area contributed by atoms with Crippen LogP contribution in [0.3, 0.4) is 0 Å². The molecule has 56 heavy (non-hydrogen) atoms. The van der Waals surface area contributed by atoms with Crippen molar-refractivity contribution in [3.8, 4) is 17.2 Å². The summed E-state index contributed by atoms with van der Waals surface area (Å²) >= 11 is 0. The van der Waals surface area contributed by atoms with Crippen LogP contribution in [0.5, 0.6) is 17.2 Å². The number of nitrogens with zero attached hydrogens (tertiary/aromatic N) is 3. The molecular weight excluding hydrogens is 726 g/mol. The van der Waals surface area contributed by atoms with Crippen LogP contribution in [0.2, 0.25) is 0 Å². The van der Waals surface area contributed by atoms with Gasteiger partial charge in [-0.25, -0.2) is 14.8 Å². The Morgan fingerprint density at radius 2 is 1.29 bits per heavy atom. The Bertz CT molecular complexity index is 1970. The van der Waals surface area contributed by atoms with Gasteiger partial charge in [0, 0.05) is 45.0 Å². The highest BCUT2D eigenvalue weighted by Crippen LogP contribution is 2.44. The Labute approximate surface area is 324 Å².